The third kappa shape index (κ3) is 3.86. The Morgan fingerprint density at radius 1 is 1.47 bits per heavy atom. The summed E-state index contributed by atoms with van der Waals surface area (Å²) in [7, 11) is 1.48. The van der Waals surface area contributed by atoms with Gasteiger partial charge < -0.3 is 10.1 Å². The summed E-state index contributed by atoms with van der Waals surface area (Å²) in [5, 5.41) is 3.23. The van der Waals surface area contributed by atoms with E-state index in [4.69, 9.17) is 4.74 Å². The zero-order chi connectivity index (χ0) is 12.7. The third-order valence-corrected chi connectivity index (χ3v) is 2.63. The van der Waals surface area contributed by atoms with Gasteiger partial charge >= 0.3 is 0 Å². The molecule has 2 nitrogen and oxygen atoms in total. The molecule has 0 aliphatic rings. The molecule has 1 aromatic carbocycles. The van der Waals surface area contributed by atoms with Gasteiger partial charge in [0.25, 0.3) is 0 Å². The number of hydrogen-bond acceptors (Lipinski definition) is 2. The van der Waals surface area contributed by atoms with Gasteiger partial charge in [-0.05, 0) is 38.1 Å². The van der Waals surface area contributed by atoms with Crippen molar-refractivity contribution in [2.45, 2.75) is 20.3 Å². The van der Waals surface area contributed by atoms with Crippen molar-refractivity contribution < 1.29 is 9.13 Å². The molecule has 0 atom stereocenters. The molecule has 0 aromatic heterocycles. The predicted molar refractivity (Wildman–Crippen MR) is 69.8 cm³/mol. The normalized spacial score (nSPS) is 11.6. The average Bonchev–Trinajstić information content (AvgIpc) is 2.34. The highest BCUT2D eigenvalue weighted by molar-refractivity contribution is 5.65. The summed E-state index contributed by atoms with van der Waals surface area (Å²) in [5.74, 6) is 0.00846. The highest BCUT2D eigenvalue weighted by Crippen LogP contribution is 2.25. The van der Waals surface area contributed by atoms with Crippen LogP contribution in [-0.2, 0) is 0 Å². The molecule has 0 radical (unpaired) electrons. The van der Waals surface area contributed by atoms with E-state index in [1.54, 1.807) is 18.2 Å². The van der Waals surface area contributed by atoms with Gasteiger partial charge in [0.2, 0.25) is 0 Å². The van der Waals surface area contributed by atoms with E-state index >= 15 is 0 Å². The van der Waals surface area contributed by atoms with Crippen LogP contribution in [0.2, 0.25) is 0 Å². The van der Waals surface area contributed by atoms with Gasteiger partial charge in [-0.15, -0.1) is 0 Å². The maximum atomic E-state index is 13.9. The van der Waals surface area contributed by atoms with Gasteiger partial charge in [-0.25, -0.2) is 4.39 Å². The number of allylic oxidation sites excluding steroid dienone is 1. The van der Waals surface area contributed by atoms with E-state index in [9.17, 15) is 4.39 Å². The van der Waals surface area contributed by atoms with Crippen molar-refractivity contribution in [3.8, 4) is 5.75 Å². The fourth-order valence-electron chi connectivity index (χ4n) is 1.65. The van der Waals surface area contributed by atoms with Crippen LogP contribution in [-0.4, -0.2) is 20.2 Å². The molecule has 17 heavy (non-hydrogen) atoms. The van der Waals surface area contributed by atoms with Gasteiger partial charge in [-0.2, -0.15) is 0 Å². The van der Waals surface area contributed by atoms with Crippen molar-refractivity contribution in [1.82, 2.24) is 5.32 Å². The third-order valence-electron chi connectivity index (χ3n) is 2.63. The van der Waals surface area contributed by atoms with E-state index in [1.165, 1.54) is 7.11 Å². The fourth-order valence-corrected chi connectivity index (χ4v) is 1.65. The summed E-state index contributed by atoms with van der Waals surface area (Å²) in [4.78, 5) is 0. The second-order valence-electron chi connectivity index (χ2n) is 3.85. The molecule has 94 valence electrons. The standard InChI is InChI=1S/C14H20FNO/c1-4-16-10-6-7-11(2)12-8-5-9-13(17-3)14(12)15/h5,7-9,16H,4,6,10H2,1-3H3/b11-7-. The molecule has 0 heterocycles. The van der Waals surface area contributed by atoms with Gasteiger partial charge in [-0.3, -0.25) is 0 Å². The molecule has 1 N–H and O–H groups in total. The molecule has 0 amide bonds. The smallest absolute Gasteiger partial charge is 0.172 e. The lowest BCUT2D eigenvalue weighted by atomic mass is 10.1. The van der Waals surface area contributed by atoms with Crippen LogP contribution in [0.3, 0.4) is 0 Å². The van der Waals surface area contributed by atoms with Gasteiger partial charge in [0, 0.05) is 5.56 Å². The lowest BCUT2D eigenvalue weighted by Crippen LogP contribution is -2.13. The monoisotopic (exact) mass is 237 g/mol. The molecule has 0 aliphatic heterocycles. The SMILES string of the molecule is CCNCC/C=C(/C)c1cccc(OC)c1F. The molecule has 3 heteroatoms. The van der Waals surface area contributed by atoms with Crippen molar-refractivity contribution in [1.29, 1.82) is 0 Å². The van der Waals surface area contributed by atoms with Crippen LogP contribution in [0, 0.1) is 5.82 Å². The number of rotatable bonds is 6. The molecule has 0 spiro atoms. The molecule has 0 bridgehead atoms. The van der Waals surface area contributed by atoms with Crippen molar-refractivity contribution in [2.24, 2.45) is 0 Å². The maximum Gasteiger partial charge on any atom is 0.172 e. The summed E-state index contributed by atoms with van der Waals surface area (Å²) in [6.45, 7) is 5.86. The van der Waals surface area contributed by atoms with Crippen LogP contribution in [0.15, 0.2) is 24.3 Å². The Morgan fingerprint density at radius 3 is 2.88 bits per heavy atom. The van der Waals surface area contributed by atoms with Crippen LogP contribution < -0.4 is 10.1 Å². The number of methoxy groups -OCH3 is 1. The molecular formula is C14H20FNO. The number of benzene rings is 1. The van der Waals surface area contributed by atoms with Gasteiger partial charge in [-0.1, -0.05) is 25.1 Å². The van der Waals surface area contributed by atoms with E-state index in [-0.39, 0.29) is 5.82 Å². The summed E-state index contributed by atoms with van der Waals surface area (Å²) >= 11 is 0. The van der Waals surface area contributed by atoms with E-state index in [0.717, 1.165) is 25.1 Å². The second kappa shape index (κ2) is 7.07. The Morgan fingerprint density at radius 2 is 2.24 bits per heavy atom. The lowest BCUT2D eigenvalue weighted by Gasteiger charge is -2.08. The first-order valence-electron chi connectivity index (χ1n) is 5.91. The zero-order valence-corrected chi connectivity index (χ0v) is 10.7. The molecule has 0 saturated heterocycles. The first kappa shape index (κ1) is 13.7. The minimum Gasteiger partial charge on any atom is -0.494 e. The first-order valence-corrected chi connectivity index (χ1v) is 5.91. The summed E-state index contributed by atoms with van der Waals surface area (Å²) < 4.78 is 18.9. The van der Waals surface area contributed by atoms with Crippen LogP contribution in [0.1, 0.15) is 25.8 Å². The Bertz CT molecular complexity index is 388. The van der Waals surface area contributed by atoms with E-state index in [2.05, 4.69) is 12.2 Å². The van der Waals surface area contributed by atoms with Crippen LogP contribution >= 0.6 is 0 Å². The fraction of sp³-hybridized carbons (Fsp3) is 0.429. The molecule has 0 fully saturated rings. The minimum absolute atomic E-state index is 0.285. The van der Waals surface area contributed by atoms with Gasteiger partial charge in [0.05, 0.1) is 7.11 Å². The molecule has 0 saturated carbocycles. The van der Waals surface area contributed by atoms with E-state index < -0.39 is 0 Å². The lowest BCUT2D eigenvalue weighted by molar-refractivity contribution is 0.386. The maximum absolute atomic E-state index is 13.9. The Labute approximate surface area is 102 Å². The molecule has 0 aliphatic carbocycles. The Balaban J connectivity index is 2.77. The summed E-state index contributed by atoms with van der Waals surface area (Å²) in [6, 6.07) is 5.21. The molecular weight excluding hydrogens is 217 g/mol. The first-order chi connectivity index (χ1) is 8.20. The van der Waals surface area contributed by atoms with Gasteiger partial charge in [0.15, 0.2) is 11.6 Å². The second-order valence-corrected chi connectivity index (χ2v) is 3.85. The minimum atomic E-state index is -0.285. The largest absolute Gasteiger partial charge is 0.494 e. The predicted octanol–water partition coefficient (Wildman–Crippen LogP) is 3.24. The number of hydrogen-bond donors (Lipinski definition) is 1. The van der Waals surface area contributed by atoms with Crippen LogP contribution in [0.25, 0.3) is 5.57 Å². The van der Waals surface area contributed by atoms with Crippen molar-refractivity contribution in [2.75, 3.05) is 20.2 Å². The van der Waals surface area contributed by atoms with E-state index in [0.29, 0.717) is 11.3 Å². The summed E-state index contributed by atoms with van der Waals surface area (Å²) in [5.41, 5.74) is 1.56. The average molecular weight is 237 g/mol. The number of ether oxygens (including phenoxy) is 1. The van der Waals surface area contributed by atoms with Crippen LogP contribution in [0.4, 0.5) is 4.39 Å². The highest BCUT2D eigenvalue weighted by Gasteiger charge is 2.08. The zero-order valence-electron chi connectivity index (χ0n) is 10.7. The number of nitrogens with one attached hydrogen (secondary N) is 1. The Kier molecular flexibility index (Phi) is 5.70. The van der Waals surface area contributed by atoms with Crippen molar-refractivity contribution >= 4 is 5.57 Å². The molecule has 1 rings (SSSR count). The highest BCUT2D eigenvalue weighted by atomic mass is 19.1. The van der Waals surface area contributed by atoms with Crippen LogP contribution in [0.5, 0.6) is 5.75 Å². The number of halogens is 1. The quantitative estimate of drug-likeness (QED) is 0.767. The molecule has 1 aromatic rings. The topological polar surface area (TPSA) is 21.3 Å². The van der Waals surface area contributed by atoms with Gasteiger partial charge in [0.1, 0.15) is 0 Å². The Hall–Kier alpha value is -1.35. The summed E-state index contributed by atoms with van der Waals surface area (Å²) in [6.07, 6.45) is 2.94. The molecule has 0 unspecified atom stereocenters. The van der Waals surface area contributed by atoms with Crippen molar-refractivity contribution in [3.05, 3.63) is 35.7 Å². The van der Waals surface area contributed by atoms with E-state index in [1.807, 2.05) is 13.0 Å². The van der Waals surface area contributed by atoms with Crippen molar-refractivity contribution in [3.63, 3.8) is 0 Å².